The normalized spacial score (nSPS) is 15.5. The van der Waals surface area contributed by atoms with E-state index >= 15 is 0 Å². The molecule has 250 valence electrons. The Morgan fingerprint density at radius 3 is 2.28 bits per heavy atom. The molecule has 0 saturated carbocycles. The number of fused-ring (bicyclic) bond motifs is 3. The highest BCUT2D eigenvalue weighted by Crippen LogP contribution is 2.50. The average Bonchev–Trinajstić information content (AvgIpc) is 3.33. The second-order valence-corrected chi connectivity index (χ2v) is 11.7. The molecule has 47 heavy (non-hydrogen) atoms. The van der Waals surface area contributed by atoms with Crippen LogP contribution in [0.2, 0.25) is 0 Å². The van der Waals surface area contributed by atoms with Crippen molar-refractivity contribution in [2.24, 2.45) is 0 Å². The number of piperazine rings is 1. The Morgan fingerprint density at radius 2 is 1.60 bits per heavy atom. The van der Waals surface area contributed by atoms with Crippen LogP contribution in [0.3, 0.4) is 0 Å². The van der Waals surface area contributed by atoms with Crippen LogP contribution in [0.25, 0.3) is 11.1 Å². The zero-order valence-electron chi connectivity index (χ0n) is 27.8. The van der Waals surface area contributed by atoms with E-state index in [2.05, 4.69) is 15.5 Å². The number of rotatable bonds is 11. The van der Waals surface area contributed by atoms with Gasteiger partial charge in [0.15, 0.2) is 11.5 Å². The number of methoxy groups -OCH3 is 4. The minimum absolute atomic E-state index is 0.102. The minimum atomic E-state index is -0.384. The number of carbonyl (C=O) groups is 2. The third-order valence-electron chi connectivity index (χ3n) is 8.86. The predicted octanol–water partition coefficient (Wildman–Crippen LogP) is 4.41. The van der Waals surface area contributed by atoms with Gasteiger partial charge in [0, 0.05) is 51.6 Å². The molecule has 3 aromatic rings. The van der Waals surface area contributed by atoms with E-state index < -0.39 is 0 Å². The van der Waals surface area contributed by atoms with Crippen LogP contribution >= 0.6 is 0 Å². The zero-order chi connectivity index (χ0) is 33.5. The van der Waals surface area contributed by atoms with Gasteiger partial charge in [0.25, 0.3) is 0 Å². The SMILES string of the molecule is COc1ccccc1N1CCN(C(=O)CCCNc2ccc3c(cc2=O)[C@@H](NC(C)=O)CCc2cc(OC)c(OC)c(OC)c2-3)CC1. The number of ether oxygens (including phenoxy) is 4. The Bertz CT molecular complexity index is 1670. The fraction of sp³-hybridized carbons (Fsp3) is 0.417. The largest absolute Gasteiger partial charge is 0.495 e. The molecule has 2 N–H and O–H groups in total. The van der Waals surface area contributed by atoms with Crippen LogP contribution in [-0.2, 0) is 16.0 Å². The predicted molar refractivity (Wildman–Crippen MR) is 182 cm³/mol. The summed E-state index contributed by atoms with van der Waals surface area (Å²) in [6, 6.07) is 14.7. The van der Waals surface area contributed by atoms with Crippen molar-refractivity contribution in [1.29, 1.82) is 0 Å². The Morgan fingerprint density at radius 1 is 0.872 bits per heavy atom. The lowest BCUT2D eigenvalue weighted by Gasteiger charge is -2.36. The van der Waals surface area contributed by atoms with E-state index in [-0.39, 0.29) is 23.3 Å². The molecule has 1 aliphatic carbocycles. The third-order valence-corrected chi connectivity index (χ3v) is 8.86. The number of amides is 2. The molecule has 1 aliphatic heterocycles. The standard InChI is InChI=1S/C36H44N4O7/c1-23(41)38-27-14-12-24-21-32(45-3)35(46-4)36(47-5)34(24)25-13-15-28(30(42)22-26(25)27)37-16-8-11-33(43)40-19-17-39(18-20-40)29-9-6-7-10-31(29)44-2/h6-7,9-10,13,15,21-22,27H,8,11-12,14,16-20H2,1-5H3,(H,37,42)(H,38,41)/t27-/m0/s1. The topological polar surface area (TPSA) is 119 Å². The molecular weight excluding hydrogens is 600 g/mol. The summed E-state index contributed by atoms with van der Waals surface area (Å²) in [6.45, 7) is 4.69. The number of para-hydroxylation sites is 2. The summed E-state index contributed by atoms with van der Waals surface area (Å²) in [6.07, 6.45) is 2.16. The Hall–Kier alpha value is -4.93. The maximum atomic E-state index is 13.6. The van der Waals surface area contributed by atoms with Gasteiger partial charge in [-0.2, -0.15) is 0 Å². The molecule has 3 aromatic carbocycles. The van der Waals surface area contributed by atoms with Crippen LogP contribution in [0.5, 0.6) is 23.0 Å². The van der Waals surface area contributed by atoms with Crippen molar-refractivity contribution in [1.82, 2.24) is 10.2 Å². The summed E-state index contributed by atoms with van der Waals surface area (Å²) in [5, 5.41) is 6.28. The average molecular weight is 645 g/mol. The maximum Gasteiger partial charge on any atom is 0.222 e. The van der Waals surface area contributed by atoms with E-state index in [1.807, 2.05) is 41.3 Å². The van der Waals surface area contributed by atoms with Gasteiger partial charge in [0.05, 0.1) is 45.9 Å². The van der Waals surface area contributed by atoms with Gasteiger partial charge in [0.2, 0.25) is 23.0 Å². The van der Waals surface area contributed by atoms with E-state index in [1.165, 1.54) is 6.92 Å². The fourth-order valence-corrected chi connectivity index (χ4v) is 6.56. The second kappa shape index (κ2) is 15.1. The molecule has 1 heterocycles. The first-order valence-electron chi connectivity index (χ1n) is 16.0. The summed E-state index contributed by atoms with van der Waals surface area (Å²) in [7, 11) is 6.37. The molecule has 0 radical (unpaired) electrons. The van der Waals surface area contributed by atoms with Crippen molar-refractivity contribution < 1.29 is 28.5 Å². The molecule has 5 rings (SSSR count). The van der Waals surface area contributed by atoms with Crippen molar-refractivity contribution in [3.05, 3.63) is 69.9 Å². The molecule has 0 aromatic heterocycles. The van der Waals surface area contributed by atoms with Gasteiger partial charge >= 0.3 is 0 Å². The lowest BCUT2D eigenvalue weighted by molar-refractivity contribution is -0.131. The second-order valence-electron chi connectivity index (χ2n) is 11.7. The molecule has 1 fully saturated rings. The first kappa shape index (κ1) is 33.4. The van der Waals surface area contributed by atoms with Crippen LogP contribution in [-0.4, -0.2) is 77.9 Å². The van der Waals surface area contributed by atoms with Gasteiger partial charge in [-0.3, -0.25) is 14.4 Å². The first-order valence-corrected chi connectivity index (χ1v) is 16.0. The van der Waals surface area contributed by atoms with Gasteiger partial charge in [-0.15, -0.1) is 0 Å². The summed E-state index contributed by atoms with van der Waals surface area (Å²) in [5.41, 5.74) is 4.47. The highest BCUT2D eigenvalue weighted by atomic mass is 16.5. The van der Waals surface area contributed by atoms with Crippen molar-refractivity contribution in [2.45, 2.75) is 38.6 Å². The Balaban J connectivity index is 1.30. The summed E-state index contributed by atoms with van der Waals surface area (Å²) >= 11 is 0. The number of carbonyl (C=O) groups excluding carboxylic acids is 2. The molecule has 0 spiro atoms. The van der Waals surface area contributed by atoms with Crippen LogP contribution in [0.15, 0.2) is 53.3 Å². The number of aryl methyl sites for hydroxylation is 1. The van der Waals surface area contributed by atoms with Crippen LogP contribution < -0.4 is 39.9 Å². The van der Waals surface area contributed by atoms with E-state index in [4.69, 9.17) is 18.9 Å². The van der Waals surface area contributed by atoms with Gasteiger partial charge in [-0.1, -0.05) is 18.2 Å². The third kappa shape index (κ3) is 7.24. The lowest BCUT2D eigenvalue weighted by Crippen LogP contribution is -2.48. The van der Waals surface area contributed by atoms with Gasteiger partial charge < -0.3 is 39.4 Å². The smallest absolute Gasteiger partial charge is 0.222 e. The first-order chi connectivity index (χ1) is 22.8. The molecular formula is C36H44N4O7. The highest BCUT2D eigenvalue weighted by Gasteiger charge is 2.29. The molecule has 1 saturated heterocycles. The minimum Gasteiger partial charge on any atom is -0.495 e. The monoisotopic (exact) mass is 644 g/mol. The van der Waals surface area contributed by atoms with Gasteiger partial charge in [0.1, 0.15) is 5.75 Å². The highest BCUT2D eigenvalue weighted by molar-refractivity contribution is 5.84. The van der Waals surface area contributed by atoms with E-state index in [1.54, 1.807) is 40.6 Å². The van der Waals surface area contributed by atoms with Crippen molar-refractivity contribution in [3.63, 3.8) is 0 Å². The maximum absolute atomic E-state index is 13.6. The van der Waals surface area contributed by atoms with Crippen molar-refractivity contribution >= 4 is 23.2 Å². The van der Waals surface area contributed by atoms with Gasteiger partial charge in [-0.25, -0.2) is 0 Å². The van der Waals surface area contributed by atoms with E-state index in [0.29, 0.717) is 73.8 Å². The van der Waals surface area contributed by atoms with Crippen LogP contribution in [0, 0.1) is 0 Å². The molecule has 11 nitrogen and oxygen atoms in total. The summed E-state index contributed by atoms with van der Waals surface area (Å²) in [5.74, 6) is 2.25. The quantitative estimate of drug-likeness (QED) is 0.293. The lowest BCUT2D eigenvalue weighted by atomic mass is 9.95. The molecule has 2 aliphatic rings. The fourth-order valence-electron chi connectivity index (χ4n) is 6.56. The van der Waals surface area contributed by atoms with Gasteiger partial charge in [-0.05, 0) is 66.3 Å². The molecule has 1 atom stereocenters. The molecule has 0 bridgehead atoms. The molecule has 0 unspecified atom stereocenters. The molecule has 2 amide bonds. The number of nitrogens with one attached hydrogen (secondary N) is 2. The van der Waals surface area contributed by atoms with E-state index in [9.17, 15) is 14.4 Å². The molecule has 11 heteroatoms. The number of benzene rings is 2. The Labute approximate surface area is 275 Å². The Kier molecular flexibility index (Phi) is 10.7. The number of anilines is 2. The van der Waals surface area contributed by atoms with Crippen molar-refractivity contribution in [2.75, 3.05) is 71.4 Å². The summed E-state index contributed by atoms with van der Waals surface area (Å²) in [4.78, 5) is 42.9. The number of hydrogen-bond acceptors (Lipinski definition) is 9. The van der Waals surface area contributed by atoms with Crippen LogP contribution in [0.1, 0.15) is 43.4 Å². The van der Waals surface area contributed by atoms with Crippen molar-refractivity contribution in [3.8, 4) is 34.1 Å². The van der Waals surface area contributed by atoms with Crippen LogP contribution in [0.4, 0.5) is 11.4 Å². The zero-order valence-corrected chi connectivity index (χ0v) is 27.8. The number of nitrogens with zero attached hydrogens (tertiary/aromatic N) is 2. The summed E-state index contributed by atoms with van der Waals surface area (Å²) < 4.78 is 22.6. The van der Waals surface area contributed by atoms with E-state index in [0.717, 1.165) is 41.2 Å². The number of hydrogen-bond donors (Lipinski definition) is 2.